The van der Waals surface area contributed by atoms with Gasteiger partial charge in [-0.15, -0.1) is 0 Å². The standard InChI is InChI=1S/C9H21NO/c1-5-8(6-11)9(10-4)7(2)3/h7-11H,5-6H2,1-4H3. The summed E-state index contributed by atoms with van der Waals surface area (Å²) in [5, 5.41) is 12.3. The van der Waals surface area contributed by atoms with Crippen LogP contribution in [0.5, 0.6) is 0 Å². The molecular weight excluding hydrogens is 138 g/mol. The van der Waals surface area contributed by atoms with E-state index in [2.05, 4.69) is 26.1 Å². The number of aliphatic hydroxyl groups is 1. The van der Waals surface area contributed by atoms with Crippen molar-refractivity contribution in [1.29, 1.82) is 0 Å². The van der Waals surface area contributed by atoms with E-state index in [1.165, 1.54) is 0 Å². The Kier molecular flexibility index (Phi) is 5.51. The highest BCUT2D eigenvalue weighted by molar-refractivity contribution is 4.76. The number of hydrogen-bond donors (Lipinski definition) is 2. The van der Waals surface area contributed by atoms with Gasteiger partial charge in [0.2, 0.25) is 0 Å². The maximum Gasteiger partial charge on any atom is 0.0474 e. The van der Waals surface area contributed by atoms with Crippen molar-refractivity contribution >= 4 is 0 Å². The van der Waals surface area contributed by atoms with Gasteiger partial charge >= 0.3 is 0 Å². The van der Waals surface area contributed by atoms with Gasteiger partial charge in [0.1, 0.15) is 0 Å². The maximum atomic E-state index is 9.04. The van der Waals surface area contributed by atoms with E-state index in [0.29, 0.717) is 24.5 Å². The topological polar surface area (TPSA) is 32.3 Å². The minimum absolute atomic E-state index is 0.292. The number of nitrogens with one attached hydrogen (secondary N) is 1. The summed E-state index contributed by atoms with van der Waals surface area (Å²) in [5.74, 6) is 0.997. The Balaban J connectivity index is 3.98. The van der Waals surface area contributed by atoms with Gasteiger partial charge < -0.3 is 10.4 Å². The molecule has 2 nitrogen and oxygen atoms in total. The van der Waals surface area contributed by atoms with Gasteiger partial charge in [-0.2, -0.15) is 0 Å². The molecule has 68 valence electrons. The van der Waals surface area contributed by atoms with Gasteiger partial charge in [0.25, 0.3) is 0 Å². The summed E-state index contributed by atoms with van der Waals surface area (Å²) < 4.78 is 0. The SMILES string of the molecule is CCC(CO)C(NC)C(C)C. The Hall–Kier alpha value is -0.0800. The normalized spacial score (nSPS) is 16.9. The van der Waals surface area contributed by atoms with Crippen LogP contribution in [0.1, 0.15) is 27.2 Å². The Labute approximate surface area is 70.0 Å². The third-order valence-electron chi connectivity index (χ3n) is 2.32. The van der Waals surface area contributed by atoms with Gasteiger partial charge in [-0.25, -0.2) is 0 Å². The molecule has 0 saturated carbocycles. The fourth-order valence-electron chi connectivity index (χ4n) is 1.61. The summed E-state index contributed by atoms with van der Waals surface area (Å²) in [6.07, 6.45) is 1.04. The molecule has 0 aromatic heterocycles. The van der Waals surface area contributed by atoms with Crippen molar-refractivity contribution in [2.75, 3.05) is 13.7 Å². The van der Waals surface area contributed by atoms with E-state index in [-0.39, 0.29) is 0 Å². The molecule has 0 fully saturated rings. The summed E-state index contributed by atoms with van der Waals surface area (Å²) in [7, 11) is 1.96. The maximum absolute atomic E-state index is 9.04. The van der Waals surface area contributed by atoms with Crippen molar-refractivity contribution in [2.45, 2.75) is 33.2 Å². The molecule has 2 unspecified atom stereocenters. The van der Waals surface area contributed by atoms with E-state index in [1.807, 2.05) is 7.05 Å². The van der Waals surface area contributed by atoms with Crippen LogP contribution in [0.2, 0.25) is 0 Å². The van der Waals surface area contributed by atoms with Gasteiger partial charge in [-0.05, 0) is 25.3 Å². The van der Waals surface area contributed by atoms with E-state index >= 15 is 0 Å². The minimum atomic E-state index is 0.292. The highest BCUT2D eigenvalue weighted by Crippen LogP contribution is 2.14. The summed E-state index contributed by atoms with van der Waals surface area (Å²) >= 11 is 0. The van der Waals surface area contributed by atoms with Crippen molar-refractivity contribution < 1.29 is 5.11 Å². The van der Waals surface area contributed by atoms with Gasteiger partial charge in [0.15, 0.2) is 0 Å². The largest absolute Gasteiger partial charge is 0.396 e. The van der Waals surface area contributed by atoms with Crippen molar-refractivity contribution in [2.24, 2.45) is 11.8 Å². The van der Waals surface area contributed by atoms with Crippen LogP contribution < -0.4 is 5.32 Å². The average Bonchev–Trinajstić information content (AvgIpc) is 1.99. The summed E-state index contributed by atoms with van der Waals surface area (Å²) in [6, 6.07) is 0.449. The molecular formula is C9H21NO. The van der Waals surface area contributed by atoms with Crippen LogP contribution in [0.4, 0.5) is 0 Å². The molecule has 0 aliphatic rings. The molecule has 0 aromatic carbocycles. The first kappa shape index (κ1) is 10.9. The summed E-state index contributed by atoms with van der Waals surface area (Å²) in [6.45, 7) is 6.77. The van der Waals surface area contributed by atoms with E-state index < -0.39 is 0 Å². The molecule has 0 bridgehead atoms. The van der Waals surface area contributed by atoms with Crippen LogP contribution in [0.15, 0.2) is 0 Å². The highest BCUT2D eigenvalue weighted by Gasteiger charge is 2.19. The summed E-state index contributed by atoms with van der Waals surface area (Å²) in [5.41, 5.74) is 0. The molecule has 2 N–H and O–H groups in total. The van der Waals surface area contributed by atoms with Crippen molar-refractivity contribution in [3.8, 4) is 0 Å². The quantitative estimate of drug-likeness (QED) is 0.633. The van der Waals surface area contributed by atoms with Crippen LogP contribution >= 0.6 is 0 Å². The fourth-order valence-corrected chi connectivity index (χ4v) is 1.61. The molecule has 0 aromatic rings. The Morgan fingerprint density at radius 1 is 1.36 bits per heavy atom. The number of aliphatic hydroxyl groups excluding tert-OH is 1. The number of hydrogen-bond acceptors (Lipinski definition) is 2. The molecule has 0 aliphatic carbocycles. The predicted molar refractivity (Wildman–Crippen MR) is 48.6 cm³/mol. The monoisotopic (exact) mass is 159 g/mol. The van der Waals surface area contributed by atoms with Crippen LogP contribution in [0, 0.1) is 11.8 Å². The lowest BCUT2D eigenvalue weighted by Crippen LogP contribution is -2.39. The second-order valence-electron chi connectivity index (χ2n) is 3.41. The van der Waals surface area contributed by atoms with E-state index in [1.54, 1.807) is 0 Å². The molecule has 0 spiro atoms. The summed E-state index contributed by atoms with van der Waals surface area (Å²) in [4.78, 5) is 0. The molecule has 11 heavy (non-hydrogen) atoms. The van der Waals surface area contributed by atoms with Crippen molar-refractivity contribution in [1.82, 2.24) is 5.32 Å². The third-order valence-corrected chi connectivity index (χ3v) is 2.32. The molecule has 0 radical (unpaired) electrons. The van der Waals surface area contributed by atoms with Gasteiger partial charge in [0.05, 0.1) is 0 Å². The zero-order chi connectivity index (χ0) is 8.85. The van der Waals surface area contributed by atoms with Crippen LogP contribution in [0.25, 0.3) is 0 Å². The third kappa shape index (κ3) is 3.21. The zero-order valence-electron chi connectivity index (χ0n) is 8.09. The Bertz CT molecular complexity index is 89.6. The Morgan fingerprint density at radius 2 is 1.91 bits per heavy atom. The molecule has 2 heteroatoms. The lowest BCUT2D eigenvalue weighted by molar-refractivity contribution is 0.167. The molecule has 0 heterocycles. The molecule has 0 aliphatic heterocycles. The first-order valence-corrected chi connectivity index (χ1v) is 4.45. The number of rotatable bonds is 5. The Morgan fingerprint density at radius 3 is 2.00 bits per heavy atom. The average molecular weight is 159 g/mol. The van der Waals surface area contributed by atoms with Crippen molar-refractivity contribution in [3.05, 3.63) is 0 Å². The lowest BCUT2D eigenvalue weighted by atomic mass is 9.89. The van der Waals surface area contributed by atoms with Crippen LogP contribution in [-0.2, 0) is 0 Å². The molecule has 0 rings (SSSR count). The van der Waals surface area contributed by atoms with Gasteiger partial charge in [-0.3, -0.25) is 0 Å². The van der Waals surface area contributed by atoms with E-state index in [0.717, 1.165) is 6.42 Å². The molecule has 2 atom stereocenters. The first-order valence-electron chi connectivity index (χ1n) is 4.45. The first-order chi connectivity index (χ1) is 5.17. The van der Waals surface area contributed by atoms with E-state index in [4.69, 9.17) is 5.11 Å². The highest BCUT2D eigenvalue weighted by atomic mass is 16.3. The molecule has 0 amide bonds. The predicted octanol–water partition coefficient (Wildman–Crippen LogP) is 1.25. The van der Waals surface area contributed by atoms with Crippen LogP contribution in [0.3, 0.4) is 0 Å². The van der Waals surface area contributed by atoms with Gasteiger partial charge in [-0.1, -0.05) is 20.8 Å². The van der Waals surface area contributed by atoms with Crippen molar-refractivity contribution in [3.63, 3.8) is 0 Å². The smallest absolute Gasteiger partial charge is 0.0474 e. The van der Waals surface area contributed by atoms with Crippen LogP contribution in [-0.4, -0.2) is 24.8 Å². The van der Waals surface area contributed by atoms with Gasteiger partial charge in [0, 0.05) is 12.6 Å². The zero-order valence-corrected chi connectivity index (χ0v) is 8.09. The lowest BCUT2D eigenvalue weighted by Gasteiger charge is -2.27. The second kappa shape index (κ2) is 5.56. The van der Waals surface area contributed by atoms with E-state index in [9.17, 15) is 0 Å². The fraction of sp³-hybridized carbons (Fsp3) is 1.00. The molecule has 0 saturated heterocycles. The second-order valence-corrected chi connectivity index (χ2v) is 3.41. The minimum Gasteiger partial charge on any atom is -0.396 e.